The van der Waals surface area contributed by atoms with Crippen molar-refractivity contribution >= 4 is 12.1 Å². The van der Waals surface area contributed by atoms with Crippen LogP contribution in [0.1, 0.15) is 39.4 Å². The fraction of sp³-hybridized carbons (Fsp3) is 0.500. The summed E-state index contributed by atoms with van der Waals surface area (Å²) < 4.78 is 5.10. The van der Waals surface area contributed by atoms with Crippen molar-refractivity contribution in [1.82, 2.24) is 5.32 Å². The zero-order valence-corrected chi connectivity index (χ0v) is 13.2. The summed E-state index contributed by atoms with van der Waals surface area (Å²) >= 11 is 0. The third-order valence-corrected chi connectivity index (χ3v) is 3.05. The van der Waals surface area contributed by atoms with Crippen molar-refractivity contribution in [3.63, 3.8) is 0 Å². The van der Waals surface area contributed by atoms with Gasteiger partial charge in [-0.3, -0.25) is 4.79 Å². The number of amides is 1. The van der Waals surface area contributed by atoms with Crippen LogP contribution in [0.3, 0.4) is 0 Å². The van der Waals surface area contributed by atoms with Gasteiger partial charge >= 0.3 is 12.1 Å². The predicted molar refractivity (Wildman–Crippen MR) is 81.4 cm³/mol. The Morgan fingerprint density at radius 1 is 1.18 bits per heavy atom. The van der Waals surface area contributed by atoms with Crippen molar-refractivity contribution in [1.29, 1.82) is 0 Å². The van der Waals surface area contributed by atoms with Crippen molar-refractivity contribution in [3.8, 4) is 0 Å². The van der Waals surface area contributed by atoms with Crippen LogP contribution in [0.5, 0.6) is 0 Å². The van der Waals surface area contributed by atoms with E-state index in [9.17, 15) is 19.8 Å². The van der Waals surface area contributed by atoms with Crippen LogP contribution in [0.15, 0.2) is 30.3 Å². The maximum atomic E-state index is 11.7. The molecular weight excluding hydrogens is 286 g/mol. The molecule has 3 N–H and O–H groups in total. The lowest BCUT2D eigenvalue weighted by Gasteiger charge is -2.27. The van der Waals surface area contributed by atoms with Gasteiger partial charge in [-0.25, -0.2) is 4.79 Å². The number of carboxylic acid groups (broad SMARTS) is 1. The number of carboxylic acids is 1. The first-order valence-electron chi connectivity index (χ1n) is 7.07. The highest BCUT2D eigenvalue weighted by Crippen LogP contribution is 2.25. The summed E-state index contributed by atoms with van der Waals surface area (Å²) in [6.07, 6.45) is -1.95. The number of alkyl carbamates (subject to hydrolysis) is 1. The molecule has 0 aliphatic rings. The van der Waals surface area contributed by atoms with Gasteiger partial charge in [0.25, 0.3) is 0 Å². The topological polar surface area (TPSA) is 95.9 Å². The van der Waals surface area contributed by atoms with Crippen LogP contribution in [0.25, 0.3) is 0 Å². The quantitative estimate of drug-likeness (QED) is 0.776. The highest BCUT2D eigenvalue weighted by molar-refractivity contribution is 5.74. The van der Waals surface area contributed by atoms with E-state index in [0.717, 1.165) is 0 Å². The standard InChI is InChI=1S/C16H23NO5/c1-10(17-15(21)22-16(2,3)4)12(14(19)20)13(18)11-8-6-5-7-9-11/h5-10,12-13,18H,1-4H3,(H,17,21)(H,19,20)/t10-,12+,13+/m1/s1. The molecule has 1 aromatic rings. The zero-order valence-electron chi connectivity index (χ0n) is 13.2. The van der Waals surface area contributed by atoms with Gasteiger partial charge in [-0.15, -0.1) is 0 Å². The number of hydrogen-bond donors (Lipinski definition) is 3. The van der Waals surface area contributed by atoms with E-state index in [1.54, 1.807) is 51.1 Å². The first-order valence-corrected chi connectivity index (χ1v) is 7.07. The monoisotopic (exact) mass is 309 g/mol. The molecule has 1 rings (SSSR count). The smallest absolute Gasteiger partial charge is 0.407 e. The van der Waals surface area contributed by atoms with Crippen LogP contribution in [0.4, 0.5) is 4.79 Å². The average molecular weight is 309 g/mol. The number of rotatable bonds is 5. The molecule has 0 radical (unpaired) electrons. The molecule has 0 heterocycles. The van der Waals surface area contributed by atoms with E-state index in [4.69, 9.17) is 4.74 Å². The molecule has 0 aliphatic heterocycles. The van der Waals surface area contributed by atoms with E-state index in [1.807, 2.05) is 0 Å². The summed E-state index contributed by atoms with van der Waals surface area (Å²) in [7, 11) is 0. The highest BCUT2D eigenvalue weighted by Gasteiger charge is 2.34. The number of hydrogen-bond acceptors (Lipinski definition) is 4. The second-order valence-corrected chi connectivity index (χ2v) is 6.15. The lowest BCUT2D eigenvalue weighted by Crippen LogP contribution is -2.45. The molecule has 0 aliphatic carbocycles. The molecule has 0 saturated heterocycles. The van der Waals surface area contributed by atoms with Crippen molar-refractivity contribution in [3.05, 3.63) is 35.9 Å². The Morgan fingerprint density at radius 3 is 2.18 bits per heavy atom. The van der Waals surface area contributed by atoms with Gasteiger partial charge in [0.2, 0.25) is 0 Å². The van der Waals surface area contributed by atoms with Gasteiger partial charge in [-0.05, 0) is 33.3 Å². The summed E-state index contributed by atoms with van der Waals surface area (Å²) in [4.78, 5) is 23.2. The lowest BCUT2D eigenvalue weighted by molar-refractivity contribution is -0.147. The molecule has 0 unspecified atom stereocenters. The van der Waals surface area contributed by atoms with E-state index < -0.39 is 35.7 Å². The number of carbonyl (C=O) groups is 2. The van der Waals surface area contributed by atoms with Crippen molar-refractivity contribution in [2.24, 2.45) is 5.92 Å². The van der Waals surface area contributed by atoms with Crippen LogP contribution in [-0.4, -0.2) is 33.9 Å². The van der Waals surface area contributed by atoms with Crippen LogP contribution in [-0.2, 0) is 9.53 Å². The van der Waals surface area contributed by atoms with Crippen LogP contribution < -0.4 is 5.32 Å². The molecule has 0 aromatic heterocycles. The second-order valence-electron chi connectivity index (χ2n) is 6.15. The van der Waals surface area contributed by atoms with Gasteiger partial charge in [0, 0.05) is 6.04 Å². The lowest BCUT2D eigenvalue weighted by atomic mass is 9.90. The SMILES string of the molecule is C[C@@H](NC(=O)OC(C)(C)C)[C@H](C(=O)O)[C@@H](O)c1ccccc1. The fourth-order valence-electron chi connectivity index (χ4n) is 2.06. The zero-order chi connectivity index (χ0) is 16.9. The number of benzene rings is 1. The minimum Gasteiger partial charge on any atom is -0.481 e. The summed E-state index contributed by atoms with van der Waals surface area (Å²) in [5.41, 5.74) is -0.201. The van der Waals surface area contributed by atoms with Gasteiger partial charge in [0.15, 0.2) is 0 Å². The molecule has 6 nitrogen and oxygen atoms in total. The Kier molecular flexibility index (Phi) is 5.93. The second kappa shape index (κ2) is 7.26. The van der Waals surface area contributed by atoms with E-state index in [1.165, 1.54) is 6.92 Å². The number of aliphatic hydroxyl groups excluding tert-OH is 1. The minimum absolute atomic E-state index is 0.479. The summed E-state index contributed by atoms with van der Waals surface area (Å²) in [5.74, 6) is -2.38. The first-order chi connectivity index (χ1) is 10.1. The Hall–Kier alpha value is -2.08. The molecule has 0 spiro atoms. The van der Waals surface area contributed by atoms with Gasteiger partial charge in [-0.2, -0.15) is 0 Å². The van der Waals surface area contributed by atoms with Crippen molar-refractivity contribution in [2.45, 2.75) is 45.4 Å². The minimum atomic E-state index is -1.23. The summed E-state index contributed by atoms with van der Waals surface area (Å²) in [6.45, 7) is 6.66. The van der Waals surface area contributed by atoms with Gasteiger partial charge in [0.05, 0.1) is 6.10 Å². The highest BCUT2D eigenvalue weighted by atomic mass is 16.6. The molecule has 0 saturated carbocycles. The van der Waals surface area contributed by atoms with Crippen LogP contribution in [0, 0.1) is 5.92 Å². The van der Waals surface area contributed by atoms with Gasteiger partial charge < -0.3 is 20.3 Å². The molecule has 3 atom stereocenters. The molecule has 1 aromatic carbocycles. The molecule has 0 fully saturated rings. The fourth-order valence-corrected chi connectivity index (χ4v) is 2.06. The third kappa shape index (κ3) is 5.37. The van der Waals surface area contributed by atoms with Crippen molar-refractivity contribution < 1.29 is 24.5 Å². The Bertz CT molecular complexity index is 509. The maximum absolute atomic E-state index is 11.7. The first kappa shape index (κ1) is 18.0. The molecule has 22 heavy (non-hydrogen) atoms. The Morgan fingerprint density at radius 2 is 1.73 bits per heavy atom. The van der Waals surface area contributed by atoms with Gasteiger partial charge in [0.1, 0.15) is 11.5 Å². The third-order valence-electron chi connectivity index (χ3n) is 3.05. The molecule has 0 bridgehead atoms. The normalized spacial score (nSPS) is 15.5. The average Bonchev–Trinajstić information content (AvgIpc) is 2.36. The van der Waals surface area contributed by atoms with E-state index in [-0.39, 0.29) is 0 Å². The Balaban J connectivity index is 2.83. The number of aliphatic hydroxyl groups is 1. The molecule has 1 amide bonds. The number of carbonyl (C=O) groups excluding carboxylic acids is 1. The molecule has 122 valence electrons. The summed E-state index contributed by atoms with van der Waals surface area (Å²) in [6, 6.07) is 7.67. The van der Waals surface area contributed by atoms with E-state index >= 15 is 0 Å². The number of nitrogens with one attached hydrogen (secondary N) is 1. The van der Waals surface area contributed by atoms with Crippen molar-refractivity contribution in [2.75, 3.05) is 0 Å². The summed E-state index contributed by atoms with van der Waals surface area (Å²) in [5, 5.41) is 22.1. The Labute approximate surface area is 130 Å². The van der Waals surface area contributed by atoms with Gasteiger partial charge in [-0.1, -0.05) is 30.3 Å². The predicted octanol–water partition coefficient (Wildman–Crippen LogP) is 2.33. The number of aliphatic carboxylic acids is 1. The largest absolute Gasteiger partial charge is 0.481 e. The van der Waals surface area contributed by atoms with E-state index in [2.05, 4.69) is 5.32 Å². The molecule has 6 heteroatoms. The van der Waals surface area contributed by atoms with E-state index in [0.29, 0.717) is 5.56 Å². The maximum Gasteiger partial charge on any atom is 0.407 e. The number of ether oxygens (including phenoxy) is 1. The van der Waals surface area contributed by atoms with Crippen LogP contribution in [0.2, 0.25) is 0 Å². The van der Waals surface area contributed by atoms with Crippen LogP contribution >= 0.6 is 0 Å². The molecular formula is C16H23NO5.